The van der Waals surface area contributed by atoms with Crippen molar-refractivity contribution < 1.29 is 13.9 Å². The Hall–Kier alpha value is -0.670. The Morgan fingerprint density at radius 1 is 1.56 bits per heavy atom. The minimum Gasteiger partial charge on any atom is -0.459 e. The van der Waals surface area contributed by atoms with Crippen LogP contribution in [-0.2, 0) is 4.74 Å². The number of carbonyl (C=O) groups excluding carboxylic acids is 1. The van der Waals surface area contributed by atoms with Gasteiger partial charge in [0, 0.05) is 11.3 Å². The number of carbonyl (C=O) groups is 1. The first-order valence-corrected chi connectivity index (χ1v) is 5.71. The Labute approximate surface area is 104 Å². The van der Waals surface area contributed by atoms with Gasteiger partial charge in [-0.1, -0.05) is 13.8 Å². The fraction of sp³-hybridized carbons (Fsp3) is 0.545. The lowest BCUT2D eigenvalue weighted by Crippen LogP contribution is -2.09. The van der Waals surface area contributed by atoms with Crippen LogP contribution in [-0.4, -0.2) is 16.9 Å². The van der Waals surface area contributed by atoms with Crippen LogP contribution in [0.25, 0.3) is 0 Å². The van der Waals surface area contributed by atoms with E-state index in [1.807, 2.05) is 13.8 Å². The summed E-state index contributed by atoms with van der Waals surface area (Å²) in [6, 6.07) is 3.18. The van der Waals surface area contributed by atoms with Crippen molar-refractivity contribution in [1.82, 2.24) is 0 Å². The van der Waals surface area contributed by atoms with E-state index in [0.717, 1.165) is 0 Å². The van der Waals surface area contributed by atoms with Crippen LogP contribution in [0.4, 0.5) is 0 Å². The van der Waals surface area contributed by atoms with Gasteiger partial charge in [0.1, 0.15) is 4.33 Å². The van der Waals surface area contributed by atoms with Gasteiger partial charge in [0.05, 0.1) is 12.9 Å². The molecule has 0 aromatic carbocycles. The van der Waals surface area contributed by atoms with E-state index in [0.29, 0.717) is 0 Å². The maximum Gasteiger partial charge on any atom is 0.374 e. The third-order valence-electron chi connectivity index (χ3n) is 3.19. The summed E-state index contributed by atoms with van der Waals surface area (Å²) in [5.74, 6) is -0.340. The fourth-order valence-corrected chi connectivity index (χ4v) is 2.52. The number of furan rings is 1. The lowest BCUT2D eigenvalue weighted by molar-refractivity contribution is 0.0436. The number of alkyl halides is 2. The SMILES string of the molecule is CC1(C)C(COC(=O)c2ccco2)C1(Cl)Cl. The molecule has 1 heterocycles. The molecule has 0 aliphatic heterocycles. The van der Waals surface area contributed by atoms with E-state index in [4.69, 9.17) is 32.4 Å². The van der Waals surface area contributed by atoms with Crippen LogP contribution in [0.3, 0.4) is 0 Å². The molecule has 0 bridgehead atoms. The third-order valence-corrected chi connectivity index (χ3v) is 4.69. The highest BCUT2D eigenvalue weighted by atomic mass is 35.5. The summed E-state index contributed by atoms with van der Waals surface area (Å²) in [6.45, 7) is 4.09. The first-order valence-electron chi connectivity index (χ1n) is 4.96. The third kappa shape index (κ3) is 1.72. The fourth-order valence-electron chi connectivity index (χ4n) is 1.70. The molecular weight excluding hydrogens is 251 g/mol. The largest absolute Gasteiger partial charge is 0.459 e. The second kappa shape index (κ2) is 3.67. The first-order chi connectivity index (χ1) is 7.37. The second-order valence-corrected chi connectivity index (χ2v) is 5.86. The molecule has 0 saturated heterocycles. The van der Waals surface area contributed by atoms with Crippen molar-refractivity contribution >= 4 is 29.2 Å². The van der Waals surface area contributed by atoms with Crippen molar-refractivity contribution in [3.05, 3.63) is 24.2 Å². The van der Waals surface area contributed by atoms with E-state index in [1.54, 1.807) is 12.1 Å². The molecule has 0 amide bonds. The van der Waals surface area contributed by atoms with Gasteiger partial charge in [-0.05, 0) is 12.1 Å². The normalized spacial score (nSPS) is 25.1. The van der Waals surface area contributed by atoms with Gasteiger partial charge >= 0.3 is 5.97 Å². The number of halogens is 2. The molecule has 5 heteroatoms. The molecule has 1 aliphatic carbocycles. The van der Waals surface area contributed by atoms with Crippen molar-refractivity contribution in [2.75, 3.05) is 6.61 Å². The summed E-state index contributed by atoms with van der Waals surface area (Å²) >= 11 is 12.1. The predicted octanol–water partition coefficient (Wildman–Crippen LogP) is 3.27. The molecule has 1 unspecified atom stereocenters. The lowest BCUT2D eigenvalue weighted by Gasteiger charge is -2.02. The van der Waals surface area contributed by atoms with E-state index in [1.165, 1.54) is 6.26 Å². The van der Waals surface area contributed by atoms with Crippen LogP contribution in [0, 0.1) is 11.3 Å². The highest BCUT2D eigenvalue weighted by Crippen LogP contribution is 2.68. The van der Waals surface area contributed by atoms with Gasteiger partial charge in [-0.15, -0.1) is 23.2 Å². The molecule has 1 fully saturated rings. The Morgan fingerprint density at radius 2 is 2.19 bits per heavy atom. The Balaban J connectivity index is 1.89. The molecule has 2 rings (SSSR count). The van der Waals surface area contributed by atoms with Gasteiger partial charge < -0.3 is 9.15 Å². The van der Waals surface area contributed by atoms with E-state index in [2.05, 4.69) is 0 Å². The van der Waals surface area contributed by atoms with E-state index in [9.17, 15) is 4.79 Å². The van der Waals surface area contributed by atoms with Gasteiger partial charge in [-0.2, -0.15) is 0 Å². The molecule has 1 saturated carbocycles. The van der Waals surface area contributed by atoms with Crippen LogP contribution in [0.15, 0.2) is 22.8 Å². The van der Waals surface area contributed by atoms with Gasteiger partial charge in [0.2, 0.25) is 5.76 Å². The second-order valence-electron chi connectivity index (χ2n) is 4.47. The summed E-state index contributed by atoms with van der Waals surface area (Å²) in [7, 11) is 0. The maximum absolute atomic E-state index is 11.5. The summed E-state index contributed by atoms with van der Waals surface area (Å²) in [5.41, 5.74) is -0.223. The number of esters is 1. The average molecular weight is 263 g/mol. The summed E-state index contributed by atoms with van der Waals surface area (Å²) in [5, 5.41) is 0. The van der Waals surface area contributed by atoms with Crippen molar-refractivity contribution in [2.45, 2.75) is 18.2 Å². The van der Waals surface area contributed by atoms with Crippen molar-refractivity contribution in [2.24, 2.45) is 11.3 Å². The number of hydrogen-bond donors (Lipinski definition) is 0. The quantitative estimate of drug-likeness (QED) is 0.620. The number of rotatable bonds is 3. The lowest BCUT2D eigenvalue weighted by atomic mass is 10.1. The molecule has 0 radical (unpaired) electrons. The minimum atomic E-state index is -0.809. The zero-order valence-electron chi connectivity index (χ0n) is 9.00. The minimum absolute atomic E-state index is 0.0396. The van der Waals surface area contributed by atoms with Gasteiger partial charge in [0.25, 0.3) is 0 Å². The van der Waals surface area contributed by atoms with Gasteiger partial charge in [-0.3, -0.25) is 0 Å². The molecule has 0 N–H and O–H groups in total. The molecule has 88 valence electrons. The molecular formula is C11H12Cl2O3. The summed E-state index contributed by atoms with van der Waals surface area (Å²) in [4.78, 5) is 11.5. The van der Waals surface area contributed by atoms with Crippen LogP contribution >= 0.6 is 23.2 Å². The maximum atomic E-state index is 11.5. The molecule has 1 aromatic heterocycles. The highest BCUT2D eigenvalue weighted by molar-refractivity contribution is 6.51. The van der Waals surface area contributed by atoms with E-state index >= 15 is 0 Å². The zero-order valence-corrected chi connectivity index (χ0v) is 10.5. The Morgan fingerprint density at radius 3 is 2.62 bits per heavy atom. The molecule has 3 nitrogen and oxygen atoms in total. The smallest absolute Gasteiger partial charge is 0.374 e. The van der Waals surface area contributed by atoms with E-state index < -0.39 is 10.3 Å². The van der Waals surface area contributed by atoms with Crippen LogP contribution < -0.4 is 0 Å². The Kier molecular flexibility index (Phi) is 2.71. The molecule has 1 atom stereocenters. The van der Waals surface area contributed by atoms with Crippen LogP contribution in [0.5, 0.6) is 0 Å². The van der Waals surface area contributed by atoms with Crippen LogP contribution in [0.2, 0.25) is 0 Å². The van der Waals surface area contributed by atoms with Crippen molar-refractivity contribution in [3.8, 4) is 0 Å². The van der Waals surface area contributed by atoms with Gasteiger partial charge in [0.15, 0.2) is 0 Å². The number of hydrogen-bond acceptors (Lipinski definition) is 3. The zero-order chi connectivity index (χ0) is 12.0. The number of ether oxygens (including phenoxy) is 1. The van der Waals surface area contributed by atoms with Crippen LogP contribution in [0.1, 0.15) is 24.4 Å². The van der Waals surface area contributed by atoms with Gasteiger partial charge in [-0.25, -0.2) is 4.79 Å². The van der Waals surface area contributed by atoms with E-state index in [-0.39, 0.29) is 23.7 Å². The summed E-state index contributed by atoms with van der Waals surface area (Å²) < 4.78 is 9.18. The van der Waals surface area contributed by atoms with Crippen molar-refractivity contribution in [3.63, 3.8) is 0 Å². The predicted molar refractivity (Wildman–Crippen MR) is 60.7 cm³/mol. The molecule has 16 heavy (non-hydrogen) atoms. The highest BCUT2D eigenvalue weighted by Gasteiger charge is 2.70. The first kappa shape index (κ1) is 11.8. The van der Waals surface area contributed by atoms with Crippen molar-refractivity contribution in [1.29, 1.82) is 0 Å². The monoisotopic (exact) mass is 262 g/mol. The topological polar surface area (TPSA) is 39.4 Å². The Bertz CT molecular complexity index is 381. The standard InChI is InChI=1S/C11H12Cl2O3/c1-10(2)8(11(10,12)13)6-16-9(14)7-4-3-5-15-7/h3-5,8H,6H2,1-2H3. The molecule has 1 aromatic rings. The molecule has 1 aliphatic rings. The average Bonchev–Trinajstić information content (AvgIpc) is 2.66. The summed E-state index contributed by atoms with van der Waals surface area (Å²) in [6.07, 6.45) is 1.42. The molecule has 0 spiro atoms.